The van der Waals surface area contributed by atoms with Crippen LogP contribution in [0.3, 0.4) is 0 Å². The first-order valence-electron chi connectivity index (χ1n) is 8.66. The van der Waals surface area contributed by atoms with Crippen LogP contribution in [-0.2, 0) is 36.5 Å². The van der Waals surface area contributed by atoms with Gasteiger partial charge in [-0.05, 0) is 24.0 Å². The van der Waals surface area contributed by atoms with Gasteiger partial charge in [-0.25, -0.2) is 8.42 Å². The van der Waals surface area contributed by atoms with Gasteiger partial charge >= 0.3 is 5.97 Å². The SMILES string of the molecule is COC(=O)CS(=O)(=O)Cc1ccc(CNC(=O)C2(N)CCCCC2)cc1.Cl. The number of rotatable bonds is 7. The van der Waals surface area contributed by atoms with E-state index in [2.05, 4.69) is 10.1 Å². The van der Waals surface area contributed by atoms with E-state index in [0.29, 0.717) is 24.9 Å². The van der Waals surface area contributed by atoms with Gasteiger partial charge in [-0.3, -0.25) is 9.59 Å². The molecule has 3 N–H and O–H groups in total. The Morgan fingerprint density at radius 3 is 2.22 bits per heavy atom. The number of hydrogen-bond donors (Lipinski definition) is 2. The van der Waals surface area contributed by atoms with Gasteiger partial charge < -0.3 is 15.8 Å². The lowest BCUT2D eigenvalue weighted by Gasteiger charge is -2.31. The minimum absolute atomic E-state index is 0. The van der Waals surface area contributed by atoms with Crippen LogP contribution < -0.4 is 11.1 Å². The van der Waals surface area contributed by atoms with Crippen LogP contribution >= 0.6 is 12.4 Å². The zero-order valence-corrected chi connectivity index (χ0v) is 17.0. The fourth-order valence-corrected chi connectivity index (χ4v) is 4.34. The van der Waals surface area contributed by atoms with Crippen LogP contribution in [0.2, 0.25) is 0 Å². The number of esters is 1. The minimum Gasteiger partial charge on any atom is -0.468 e. The van der Waals surface area contributed by atoms with Crippen molar-refractivity contribution in [3.05, 3.63) is 35.4 Å². The molecule has 7 nitrogen and oxygen atoms in total. The third kappa shape index (κ3) is 7.12. The zero-order chi connectivity index (χ0) is 19.2. The van der Waals surface area contributed by atoms with Crippen LogP contribution in [-0.4, -0.2) is 38.7 Å². The first kappa shape index (κ1) is 23.4. The molecule has 0 saturated heterocycles. The maximum absolute atomic E-state index is 12.3. The highest BCUT2D eigenvalue weighted by Gasteiger charge is 2.34. The first-order chi connectivity index (χ1) is 12.2. The van der Waals surface area contributed by atoms with Crippen LogP contribution in [0, 0.1) is 0 Å². The van der Waals surface area contributed by atoms with E-state index in [0.717, 1.165) is 31.9 Å². The summed E-state index contributed by atoms with van der Waals surface area (Å²) in [6.45, 7) is 0.340. The van der Waals surface area contributed by atoms with Gasteiger partial charge in [-0.1, -0.05) is 43.5 Å². The normalized spacial score (nSPS) is 16.1. The average molecular weight is 419 g/mol. The summed E-state index contributed by atoms with van der Waals surface area (Å²) in [7, 11) is -2.42. The highest BCUT2D eigenvalue weighted by atomic mass is 35.5. The average Bonchev–Trinajstić information content (AvgIpc) is 2.60. The Morgan fingerprint density at radius 2 is 1.67 bits per heavy atom. The monoisotopic (exact) mass is 418 g/mol. The molecule has 1 amide bonds. The predicted molar refractivity (Wildman–Crippen MR) is 105 cm³/mol. The summed E-state index contributed by atoms with van der Waals surface area (Å²) in [5.74, 6) is -1.79. The van der Waals surface area contributed by atoms with Crippen molar-refractivity contribution in [3.63, 3.8) is 0 Å². The number of hydrogen-bond acceptors (Lipinski definition) is 6. The molecule has 0 heterocycles. The van der Waals surface area contributed by atoms with E-state index >= 15 is 0 Å². The summed E-state index contributed by atoms with van der Waals surface area (Å²) in [6.07, 6.45) is 4.47. The summed E-state index contributed by atoms with van der Waals surface area (Å²) in [4.78, 5) is 23.4. The maximum Gasteiger partial charge on any atom is 0.320 e. The molecule has 152 valence electrons. The predicted octanol–water partition coefficient (Wildman–Crippen LogP) is 1.47. The van der Waals surface area contributed by atoms with Crippen molar-refractivity contribution in [1.29, 1.82) is 0 Å². The topological polar surface area (TPSA) is 116 Å². The van der Waals surface area contributed by atoms with Crippen LogP contribution in [0.25, 0.3) is 0 Å². The molecule has 0 bridgehead atoms. The molecule has 1 aromatic rings. The molecule has 0 unspecified atom stereocenters. The molecule has 1 aliphatic carbocycles. The summed E-state index contributed by atoms with van der Waals surface area (Å²) >= 11 is 0. The zero-order valence-electron chi connectivity index (χ0n) is 15.4. The number of nitrogens with one attached hydrogen (secondary N) is 1. The summed E-state index contributed by atoms with van der Waals surface area (Å²) in [5, 5.41) is 2.87. The van der Waals surface area contributed by atoms with Crippen molar-refractivity contribution in [2.75, 3.05) is 12.9 Å². The second-order valence-corrected chi connectivity index (χ2v) is 8.89. The molecular weight excluding hydrogens is 392 g/mol. The number of halogens is 1. The van der Waals surface area contributed by atoms with Crippen molar-refractivity contribution in [2.24, 2.45) is 5.73 Å². The van der Waals surface area contributed by atoms with Crippen LogP contribution in [0.4, 0.5) is 0 Å². The van der Waals surface area contributed by atoms with E-state index in [1.165, 1.54) is 0 Å². The maximum atomic E-state index is 12.3. The number of carbonyl (C=O) groups excluding carboxylic acids is 2. The second kappa shape index (κ2) is 10.1. The van der Waals surface area contributed by atoms with Crippen molar-refractivity contribution in [2.45, 2.75) is 49.9 Å². The molecule has 1 saturated carbocycles. The number of sulfone groups is 1. The van der Waals surface area contributed by atoms with Gasteiger partial charge in [0, 0.05) is 6.54 Å². The lowest BCUT2D eigenvalue weighted by Crippen LogP contribution is -2.54. The molecule has 2 rings (SSSR count). The van der Waals surface area contributed by atoms with Crippen LogP contribution in [0.5, 0.6) is 0 Å². The molecule has 1 aliphatic rings. The van der Waals surface area contributed by atoms with E-state index in [-0.39, 0.29) is 24.1 Å². The van der Waals surface area contributed by atoms with Crippen LogP contribution in [0.15, 0.2) is 24.3 Å². The van der Waals surface area contributed by atoms with E-state index in [4.69, 9.17) is 5.73 Å². The van der Waals surface area contributed by atoms with Gasteiger partial charge in [0.2, 0.25) is 5.91 Å². The largest absolute Gasteiger partial charge is 0.468 e. The number of benzene rings is 1. The number of amides is 1. The van der Waals surface area contributed by atoms with Gasteiger partial charge in [0.1, 0.15) is 5.75 Å². The lowest BCUT2D eigenvalue weighted by atomic mass is 9.82. The van der Waals surface area contributed by atoms with Gasteiger partial charge in [0.15, 0.2) is 9.84 Å². The third-order valence-corrected chi connectivity index (χ3v) is 6.07. The molecule has 9 heteroatoms. The Balaban J connectivity index is 0.00000364. The van der Waals surface area contributed by atoms with Crippen molar-refractivity contribution >= 4 is 34.1 Å². The first-order valence-corrected chi connectivity index (χ1v) is 10.5. The number of carbonyl (C=O) groups is 2. The van der Waals surface area contributed by atoms with Gasteiger partial charge in [-0.2, -0.15) is 0 Å². The fraction of sp³-hybridized carbons (Fsp3) is 0.556. The van der Waals surface area contributed by atoms with E-state index in [1.807, 2.05) is 0 Å². The van der Waals surface area contributed by atoms with Gasteiger partial charge in [0.25, 0.3) is 0 Å². The van der Waals surface area contributed by atoms with Crippen molar-refractivity contribution < 1.29 is 22.7 Å². The smallest absolute Gasteiger partial charge is 0.320 e. The highest BCUT2D eigenvalue weighted by Crippen LogP contribution is 2.26. The van der Waals surface area contributed by atoms with Crippen molar-refractivity contribution in [3.8, 4) is 0 Å². The number of nitrogens with two attached hydrogens (primary N) is 1. The summed E-state index contributed by atoms with van der Waals surface area (Å²) in [5.41, 5.74) is 6.85. The van der Waals surface area contributed by atoms with Crippen molar-refractivity contribution in [1.82, 2.24) is 5.32 Å². The van der Waals surface area contributed by atoms with E-state index in [9.17, 15) is 18.0 Å². The third-order valence-electron chi connectivity index (χ3n) is 4.63. The van der Waals surface area contributed by atoms with Gasteiger partial charge in [0.05, 0.1) is 18.4 Å². The Bertz CT molecular complexity index is 744. The molecule has 1 aromatic carbocycles. The highest BCUT2D eigenvalue weighted by molar-refractivity contribution is 7.91. The molecule has 1 fully saturated rings. The molecule has 27 heavy (non-hydrogen) atoms. The minimum atomic E-state index is -3.57. The lowest BCUT2D eigenvalue weighted by molar-refractivity contribution is -0.137. The number of methoxy groups -OCH3 is 1. The molecular formula is C18H27ClN2O5S. The quantitative estimate of drug-likeness (QED) is 0.648. The van der Waals surface area contributed by atoms with Gasteiger partial charge in [-0.15, -0.1) is 12.4 Å². The standard InChI is InChI=1S/C18H26N2O5S.ClH/c1-25-16(21)13-26(23,24)12-15-7-5-14(6-8-15)11-20-17(22)18(19)9-3-2-4-10-18;/h5-8H,2-4,9-13,19H2,1H3,(H,20,22);1H. The molecule has 0 radical (unpaired) electrons. The number of ether oxygens (including phenoxy) is 1. The molecule has 0 aliphatic heterocycles. The van der Waals surface area contributed by atoms with E-state index < -0.39 is 27.1 Å². The summed E-state index contributed by atoms with van der Waals surface area (Å²) < 4.78 is 28.2. The fourth-order valence-electron chi connectivity index (χ4n) is 3.06. The molecule has 0 atom stereocenters. The molecule has 0 spiro atoms. The molecule has 0 aromatic heterocycles. The Morgan fingerprint density at radius 1 is 1.11 bits per heavy atom. The van der Waals surface area contributed by atoms with E-state index in [1.54, 1.807) is 24.3 Å². The summed E-state index contributed by atoms with van der Waals surface area (Å²) in [6, 6.07) is 6.87. The van der Waals surface area contributed by atoms with Crippen LogP contribution in [0.1, 0.15) is 43.2 Å². The Labute approximate surface area is 166 Å². The Hall–Kier alpha value is -1.64. The second-order valence-electron chi connectivity index (χ2n) is 6.82. The Kier molecular flexibility index (Phi) is 8.71.